The van der Waals surface area contributed by atoms with E-state index < -0.39 is 5.97 Å². The maximum atomic E-state index is 11.5. The van der Waals surface area contributed by atoms with Crippen molar-refractivity contribution in [2.24, 2.45) is 5.34 Å². The highest BCUT2D eigenvalue weighted by atomic mass is 79.9. The summed E-state index contributed by atoms with van der Waals surface area (Å²) in [5.74, 6) is -0.479. The molecule has 3 heterocycles. The van der Waals surface area contributed by atoms with Gasteiger partial charge in [0.1, 0.15) is 17.3 Å². The SMILES string of the molecule is O=NOC(=O)c1ccnc(-n2cc(Br)c3c(Cl)ncnc32)c1. The summed E-state index contributed by atoms with van der Waals surface area (Å²) in [4.78, 5) is 37.9. The molecule has 0 aliphatic heterocycles. The van der Waals surface area contributed by atoms with E-state index >= 15 is 0 Å². The molecule has 22 heavy (non-hydrogen) atoms. The molecule has 0 saturated heterocycles. The Morgan fingerprint density at radius 1 is 1.36 bits per heavy atom. The first kappa shape index (κ1) is 14.5. The third-order valence-corrected chi connectivity index (χ3v) is 3.73. The van der Waals surface area contributed by atoms with Crippen LogP contribution in [0.1, 0.15) is 10.4 Å². The molecule has 0 aliphatic carbocycles. The molecular weight excluding hydrogens is 378 g/mol. The van der Waals surface area contributed by atoms with Gasteiger partial charge < -0.3 is 0 Å². The number of rotatable bonds is 3. The van der Waals surface area contributed by atoms with Gasteiger partial charge in [0.05, 0.1) is 10.9 Å². The van der Waals surface area contributed by atoms with E-state index in [1.165, 1.54) is 24.7 Å². The van der Waals surface area contributed by atoms with Crippen molar-refractivity contribution >= 4 is 44.5 Å². The molecule has 0 amide bonds. The van der Waals surface area contributed by atoms with E-state index in [2.05, 4.69) is 41.1 Å². The van der Waals surface area contributed by atoms with Crippen LogP contribution in [-0.4, -0.2) is 25.5 Å². The summed E-state index contributed by atoms with van der Waals surface area (Å²) in [5, 5.41) is 3.02. The van der Waals surface area contributed by atoms with Crippen molar-refractivity contribution < 1.29 is 9.63 Å². The van der Waals surface area contributed by atoms with Crippen LogP contribution in [0, 0.1) is 4.91 Å². The molecule has 10 heteroatoms. The van der Waals surface area contributed by atoms with Gasteiger partial charge >= 0.3 is 5.97 Å². The second kappa shape index (κ2) is 5.78. The standard InChI is InChI=1S/C12H5BrClN5O3/c13-7-4-19(11-9(7)10(14)16-5-17-11)8-3-6(1-2-15-8)12(20)22-18-21/h1-5H. The van der Waals surface area contributed by atoms with E-state index in [0.29, 0.717) is 21.3 Å². The molecule has 0 bridgehead atoms. The zero-order valence-electron chi connectivity index (χ0n) is 10.6. The third-order valence-electron chi connectivity index (χ3n) is 2.84. The van der Waals surface area contributed by atoms with Gasteiger partial charge in [-0.2, -0.15) is 0 Å². The van der Waals surface area contributed by atoms with Crippen LogP contribution in [0.5, 0.6) is 0 Å². The Morgan fingerprint density at radius 3 is 2.95 bits per heavy atom. The van der Waals surface area contributed by atoms with Crippen LogP contribution in [0.25, 0.3) is 16.9 Å². The van der Waals surface area contributed by atoms with Crippen LogP contribution < -0.4 is 0 Å². The van der Waals surface area contributed by atoms with Gasteiger partial charge in [-0.3, -0.25) is 9.40 Å². The Labute approximate surface area is 136 Å². The number of carbonyl (C=O) groups is 1. The molecule has 3 rings (SSSR count). The van der Waals surface area contributed by atoms with Crippen LogP contribution in [0.4, 0.5) is 0 Å². The summed E-state index contributed by atoms with van der Waals surface area (Å²) in [6.07, 6.45) is 4.42. The second-order valence-electron chi connectivity index (χ2n) is 4.07. The Morgan fingerprint density at radius 2 is 2.18 bits per heavy atom. The van der Waals surface area contributed by atoms with E-state index in [-0.39, 0.29) is 10.7 Å². The average Bonchev–Trinajstić information content (AvgIpc) is 2.86. The van der Waals surface area contributed by atoms with Crippen molar-refractivity contribution in [3.05, 3.63) is 51.0 Å². The molecule has 0 unspecified atom stereocenters. The summed E-state index contributed by atoms with van der Waals surface area (Å²) < 4.78 is 2.30. The number of aromatic nitrogens is 4. The summed E-state index contributed by atoms with van der Waals surface area (Å²) in [6, 6.07) is 2.84. The van der Waals surface area contributed by atoms with Gasteiger partial charge in [0, 0.05) is 16.9 Å². The fourth-order valence-corrected chi connectivity index (χ4v) is 2.83. The lowest BCUT2D eigenvalue weighted by molar-refractivity contribution is 0.0508. The summed E-state index contributed by atoms with van der Waals surface area (Å²) in [7, 11) is 0. The molecule has 8 nitrogen and oxygen atoms in total. The molecule has 0 atom stereocenters. The number of nitrogens with zero attached hydrogens (tertiary/aromatic N) is 5. The summed E-state index contributed by atoms with van der Waals surface area (Å²) in [5.41, 5.74) is 0.640. The van der Waals surface area contributed by atoms with Crippen molar-refractivity contribution in [2.75, 3.05) is 0 Å². The second-order valence-corrected chi connectivity index (χ2v) is 5.28. The monoisotopic (exact) mass is 381 g/mol. The normalized spacial score (nSPS) is 10.6. The van der Waals surface area contributed by atoms with Crippen molar-refractivity contribution in [1.29, 1.82) is 0 Å². The minimum atomic E-state index is -0.873. The zero-order valence-corrected chi connectivity index (χ0v) is 12.9. The van der Waals surface area contributed by atoms with Gasteiger partial charge in [-0.15, -0.1) is 4.91 Å². The lowest BCUT2D eigenvalue weighted by Crippen LogP contribution is -2.04. The van der Waals surface area contributed by atoms with E-state index in [0.717, 1.165) is 0 Å². The Balaban J connectivity index is 2.16. The highest BCUT2D eigenvalue weighted by molar-refractivity contribution is 9.10. The lowest BCUT2D eigenvalue weighted by Gasteiger charge is -2.04. The minimum Gasteiger partial charge on any atom is -0.284 e. The highest BCUT2D eigenvalue weighted by Gasteiger charge is 2.16. The van der Waals surface area contributed by atoms with E-state index in [9.17, 15) is 9.70 Å². The predicted octanol–water partition coefficient (Wildman–Crippen LogP) is 3.07. The number of hydrogen-bond donors (Lipinski definition) is 0. The van der Waals surface area contributed by atoms with E-state index in [1.807, 2.05) is 0 Å². The molecule has 110 valence electrons. The van der Waals surface area contributed by atoms with Crippen LogP contribution in [0.15, 0.2) is 40.7 Å². The van der Waals surface area contributed by atoms with Crippen LogP contribution in [0.3, 0.4) is 0 Å². The first-order valence-corrected chi connectivity index (χ1v) is 6.96. The van der Waals surface area contributed by atoms with Crippen LogP contribution in [-0.2, 0) is 4.84 Å². The number of pyridine rings is 1. The maximum absolute atomic E-state index is 11.5. The first-order chi connectivity index (χ1) is 10.6. The fraction of sp³-hybridized carbons (Fsp3) is 0. The largest absolute Gasteiger partial charge is 0.369 e. The Hall–Kier alpha value is -2.39. The number of hydrogen-bond acceptors (Lipinski definition) is 7. The molecule has 0 aliphatic rings. The molecule has 0 saturated carbocycles. The lowest BCUT2D eigenvalue weighted by atomic mass is 10.2. The van der Waals surface area contributed by atoms with Gasteiger partial charge in [-0.1, -0.05) is 11.6 Å². The maximum Gasteiger partial charge on any atom is 0.369 e. The van der Waals surface area contributed by atoms with E-state index in [4.69, 9.17) is 11.6 Å². The van der Waals surface area contributed by atoms with Gasteiger partial charge in [0.2, 0.25) is 0 Å². The average molecular weight is 383 g/mol. The van der Waals surface area contributed by atoms with E-state index in [1.54, 1.807) is 10.8 Å². The fourth-order valence-electron chi connectivity index (χ4n) is 1.92. The summed E-state index contributed by atoms with van der Waals surface area (Å²) in [6.45, 7) is 0. The molecule has 0 radical (unpaired) electrons. The predicted molar refractivity (Wildman–Crippen MR) is 80.6 cm³/mol. The van der Waals surface area contributed by atoms with Crippen molar-refractivity contribution in [2.45, 2.75) is 0 Å². The molecule has 0 N–H and O–H groups in total. The van der Waals surface area contributed by atoms with Gasteiger partial charge in [-0.25, -0.2) is 19.7 Å². The number of carbonyl (C=O) groups excluding carboxylic acids is 1. The Kier molecular flexibility index (Phi) is 3.82. The molecular formula is C12H5BrClN5O3. The molecule has 3 aromatic rings. The molecule has 0 spiro atoms. The van der Waals surface area contributed by atoms with Crippen LogP contribution in [0.2, 0.25) is 5.15 Å². The highest BCUT2D eigenvalue weighted by Crippen LogP contribution is 2.31. The summed E-state index contributed by atoms with van der Waals surface area (Å²) >= 11 is 9.43. The van der Waals surface area contributed by atoms with Crippen molar-refractivity contribution in [1.82, 2.24) is 19.5 Å². The van der Waals surface area contributed by atoms with Gasteiger partial charge in [0.25, 0.3) is 0 Å². The molecule has 0 fully saturated rings. The minimum absolute atomic E-state index is 0.128. The van der Waals surface area contributed by atoms with Crippen molar-refractivity contribution in [3.63, 3.8) is 0 Å². The first-order valence-electron chi connectivity index (χ1n) is 5.79. The smallest absolute Gasteiger partial charge is 0.284 e. The number of halogens is 2. The topological polar surface area (TPSA) is 99.3 Å². The zero-order chi connectivity index (χ0) is 15.7. The van der Waals surface area contributed by atoms with Crippen molar-refractivity contribution in [3.8, 4) is 5.82 Å². The quantitative estimate of drug-likeness (QED) is 0.392. The van der Waals surface area contributed by atoms with Gasteiger partial charge in [0.15, 0.2) is 11.0 Å². The molecule has 0 aromatic carbocycles. The number of fused-ring (bicyclic) bond motifs is 1. The Bertz CT molecular complexity index is 898. The molecule has 3 aromatic heterocycles. The van der Waals surface area contributed by atoms with Gasteiger partial charge in [-0.05, 0) is 28.1 Å². The van der Waals surface area contributed by atoms with Crippen LogP contribution >= 0.6 is 27.5 Å². The third kappa shape index (κ3) is 2.44.